The van der Waals surface area contributed by atoms with Crippen LogP contribution in [0.3, 0.4) is 0 Å². The third kappa shape index (κ3) is 6.03. The maximum absolute atomic E-state index is 11.5. The highest BCUT2D eigenvalue weighted by Gasteiger charge is 2.04. The van der Waals surface area contributed by atoms with Gasteiger partial charge in [-0.05, 0) is 12.0 Å². The number of aliphatic hydroxyl groups excluding tert-OH is 1. The summed E-state index contributed by atoms with van der Waals surface area (Å²) in [6.45, 7) is 1.52. The largest absolute Gasteiger partial charge is 0.394 e. The number of aryl methyl sites for hydroxylation is 1. The number of aliphatic hydroxyl groups is 1. The predicted molar refractivity (Wildman–Crippen MR) is 62.4 cm³/mol. The smallest absolute Gasteiger partial charge is 0.224 e. The molecule has 2 N–H and O–H groups in total. The van der Waals surface area contributed by atoms with Crippen LogP contribution in [0.25, 0.3) is 0 Å². The van der Waals surface area contributed by atoms with E-state index < -0.39 is 0 Å². The van der Waals surface area contributed by atoms with Gasteiger partial charge in [0.1, 0.15) is 0 Å². The van der Waals surface area contributed by atoms with Crippen molar-refractivity contribution in [2.24, 2.45) is 7.05 Å². The number of carbonyl (C=O) groups excluding carboxylic acids is 1. The molecule has 0 unspecified atom stereocenters. The van der Waals surface area contributed by atoms with Gasteiger partial charge in [0.2, 0.25) is 5.91 Å². The Morgan fingerprint density at radius 1 is 1.59 bits per heavy atom. The van der Waals surface area contributed by atoms with Crippen LogP contribution < -0.4 is 5.32 Å². The van der Waals surface area contributed by atoms with Crippen molar-refractivity contribution in [2.75, 3.05) is 26.4 Å². The van der Waals surface area contributed by atoms with Crippen LogP contribution >= 0.6 is 0 Å². The van der Waals surface area contributed by atoms with E-state index in [0.29, 0.717) is 26.2 Å². The quantitative estimate of drug-likeness (QED) is 0.600. The number of nitrogens with one attached hydrogen (secondary N) is 1. The third-order valence-electron chi connectivity index (χ3n) is 2.15. The molecule has 0 saturated heterocycles. The van der Waals surface area contributed by atoms with E-state index in [0.717, 1.165) is 12.0 Å². The molecule has 0 aliphatic rings. The molecular weight excluding hydrogens is 222 g/mol. The minimum absolute atomic E-state index is 0.0137. The summed E-state index contributed by atoms with van der Waals surface area (Å²) in [5.74, 6) is -0.0137. The molecule has 1 aromatic heterocycles. The zero-order chi connectivity index (χ0) is 12.5. The van der Waals surface area contributed by atoms with Gasteiger partial charge in [-0.25, -0.2) is 0 Å². The molecule has 0 saturated carbocycles. The number of rotatable bonds is 8. The summed E-state index contributed by atoms with van der Waals surface area (Å²) in [7, 11) is 1.82. The fraction of sp³-hybridized carbons (Fsp3) is 0.636. The van der Waals surface area contributed by atoms with Crippen LogP contribution in [0.1, 0.15) is 12.0 Å². The Balaban J connectivity index is 2.05. The molecule has 6 heteroatoms. The van der Waals surface area contributed by atoms with E-state index in [4.69, 9.17) is 9.84 Å². The first-order chi connectivity index (χ1) is 8.22. The molecule has 0 bridgehead atoms. The van der Waals surface area contributed by atoms with Gasteiger partial charge in [-0.1, -0.05) is 0 Å². The van der Waals surface area contributed by atoms with Crippen LogP contribution in [-0.2, 0) is 23.0 Å². The van der Waals surface area contributed by atoms with Gasteiger partial charge >= 0.3 is 0 Å². The molecule has 0 aliphatic carbocycles. The van der Waals surface area contributed by atoms with Gasteiger partial charge in [-0.15, -0.1) is 0 Å². The number of hydrogen-bond donors (Lipinski definition) is 2. The molecule has 1 rings (SSSR count). The van der Waals surface area contributed by atoms with Gasteiger partial charge in [0.15, 0.2) is 0 Å². The van der Waals surface area contributed by atoms with Crippen LogP contribution in [0.4, 0.5) is 0 Å². The maximum atomic E-state index is 11.5. The summed E-state index contributed by atoms with van der Waals surface area (Å²) < 4.78 is 6.74. The highest BCUT2D eigenvalue weighted by atomic mass is 16.5. The Morgan fingerprint density at radius 2 is 2.41 bits per heavy atom. The molecule has 1 heterocycles. The molecule has 1 aromatic rings. The minimum atomic E-state index is -0.0137. The van der Waals surface area contributed by atoms with Crippen LogP contribution in [0.5, 0.6) is 0 Å². The second-order valence-corrected chi connectivity index (χ2v) is 3.74. The second-order valence-electron chi connectivity index (χ2n) is 3.74. The lowest BCUT2D eigenvalue weighted by Gasteiger charge is -2.04. The molecule has 0 aliphatic heterocycles. The number of aromatic nitrogens is 2. The zero-order valence-corrected chi connectivity index (χ0v) is 10.1. The van der Waals surface area contributed by atoms with E-state index in [1.165, 1.54) is 0 Å². The fourth-order valence-corrected chi connectivity index (χ4v) is 1.38. The van der Waals surface area contributed by atoms with Gasteiger partial charge in [0, 0.05) is 26.4 Å². The van der Waals surface area contributed by atoms with Crippen molar-refractivity contribution in [2.45, 2.75) is 12.8 Å². The summed E-state index contributed by atoms with van der Waals surface area (Å²) in [5, 5.41) is 15.3. The van der Waals surface area contributed by atoms with Gasteiger partial charge < -0.3 is 15.2 Å². The van der Waals surface area contributed by atoms with E-state index >= 15 is 0 Å². The van der Waals surface area contributed by atoms with Crippen molar-refractivity contribution in [3.63, 3.8) is 0 Å². The molecule has 0 aromatic carbocycles. The van der Waals surface area contributed by atoms with Crippen molar-refractivity contribution < 1.29 is 14.6 Å². The first-order valence-corrected chi connectivity index (χ1v) is 5.65. The van der Waals surface area contributed by atoms with Gasteiger partial charge in [-0.3, -0.25) is 9.48 Å². The van der Waals surface area contributed by atoms with Crippen molar-refractivity contribution in [1.29, 1.82) is 0 Å². The topological polar surface area (TPSA) is 76.4 Å². The number of nitrogens with zero attached hydrogens (tertiary/aromatic N) is 2. The zero-order valence-electron chi connectivity index (χ0n) is 10.1. The molecule has 96 valence electrons. The van der Waals surface area contributed by atoms with Crippen molar-refractivity contribution in [3.05, 3.63) is 18.0 Å². The van der Waals surface area contributed by atoms with Crippen LogP contribution in [0.15, 0.2) is 12.4 Å². The predicted octanol–water partition coefficient (Wildman–Crippen LogP) is -0.522. The summed E-state index contributed by atoms with van der Waals surface area (Å²) >= 11 is 0. The Kier molecular flexibility index (Phi) is 6.27. The van der Waals surface area contributed by atoms with Crippen LogP contribution in [0, 0.1) is 0 Å². The van der Waals surface area contributed by atoms with E-state index in [1.54, 1.807) is 10.9 Å². The molecule has 1 amide bonds. The van der Waals surface area contributed by atoms with Crippen molar-refractivity contribution in [3.8, 4) is 0 Å². The summed E-state index contributed by atoms with van der Waals surface area (Å²) in [5.41, 5.74) is 0.904. The highest BCUT2D eigenvalue weighted by molar-refractivity contribution is 5.78. The molecule has 0 atom stereocenters. The third-order valence-corrected chi connectivity index (χ3v) is 2.15. The molecule has 0 spiro atoms. The Labute approximate surface area is 101 Å². The molecule has 17 heavy (non-hydrogen) atoms. The highest BCUT2D eigenvalue weighted by Crippen LogP contribution is 1.97. The monoisotopic (exact) mass is 241 g/mol. The van der Waals surface area contributed by atoms with Crippen LogP contribution in [0.2, 0.25) is 0 Å². The SMILES string of the molecule is Cn1cc(CC(=O)NCCCOCCO)cn1. The lowest BCUT2D eigenvalue weighted by Crippen LogP contribution is -2.26. The first kappa shape index (κ1) is 13.7. The van der Waals surface area contributed by atoms with Crippen LogP contribution in [-0.4, -0.2) is 47.2 Å². The maximum Gasteiger partial charge on any atom is 0.224 e. The summed E-state index contributed by atoms with van der Waals surface area (Å²) in [4.78, 5) is 11.5. The average Bonchev–Trinajstić information content (AvgIpc) is 2.69. The van der Waals surface area contributed by atoms with Crippen molar-refractivity contribution in [1.82, 2.24) is 15.1 Å². The molecule has 0 radical (unpaired) electrons. The first-order valence-electron chi connectivity index (χ1n) is 5.65. The van der Waals surface area contributed by atoms with Gasteiger partial charge in [0.25, 0.3) is 0 Å². The summed E-state index contributed by atoms with van der Waals surface area (Å²) in [6.07, 6.45) is 4.61. The average molecular weight is 241 g/mol. The Bertz CT molecular complexity index is 338. The number of ether oxygens (including phenoxy) is 1. The molecule has 0 fully saturated rings. The fourth-order valence-electron chi connectivity index (χ4n) is 1.38. The minimum Gasteiger partial charge on any atom is -0.394 e. The molecule has 6 nitrogen and oxygen atoms in total. The lowest BCUT2D eigenvalue weighted by molar-refractivity contribution is -0.120. The van der Waals surface area contributed by atoms with E-state index in [-0.39, 0.29) is 12.5 Å². The van der Waals surface area contributed by atoms with E-state index in [9.17, 15) is 4.79 Å². The second kappa shape index (κ2) is 7.81. The summed E-state index contributed by atoms with van der Waals surface area (Å²) in [6, 6.07) is 0. The number of amides is 1. The number of hydrogen-bond acceptors (Lipinski definition) is 4. The Hall–Kier alpha value is -1.40. The van der Waals surface area contributed by atoms with E-state index in [1.807, 2.05) is 13.2 Å². The van der Waals surface area contributed by atoms with Gasteiger partial charge in [0.05, 0.1) is 25.8 Å². The standard InChI is InChI=1S/C11H19N3O3/c1-14-9-10(8-13-14)7-11(16)12-3-2-5-17-6-4-15/h8-9,15H,2-7H2,1H3,(H,12,16). The lowest BCUT2D eigenvalue weighted by atomic mass is 10.2. The van der Waals surface area contributed by atoms with Gasteiger partial charge in [-0.2, -0.15) is 5.10 Å². The normalized spacial score (nSPS) is 10.5. The van der Waals surface area contributed by atoms with Crippen molar-refractivity contribution >= 4 is 5.91 Å². The number of carbonyl (C=O) groups is 1. The molecular formula is C11H19N3O3. The Morgan fingerprint density at radius 3 is 3.06 bits per heavy atom. The van der Waals surface area contributed by atoms with E-state index in [2.05, 4.69) is 10.4 Å².